The van der Waals surface area contributed by atoms with Crippen LogP contribution in [0.5, 0.6) is 0 Å². The number of rotatable bonds is 6. The molecule has 0 aromatic carbocycles. The van der Waals surface area contributed by atoms with Crippen molar-refractivity contribution in [1.82, 2.24) is 20.4 Å². The molecule has 3 aliphatic heterocycles. The predicted octanol–water partition coefficient (Wildman–Crippen LogP) is 0.762. The molecule has 27 heavy (non-hydrogen) atoms. The van der Waals surface area contributed by atoms with Gasteiger partial charge in [0.25, 0.3) is 0 Å². The molecule has 156 valence electrons. The molecule has 0 spiro atoms. The highest BCUT2D eigenvalue weighted by Gasteiger charge is 2.25. The highest BCUT2D eigenvalue weighted by molar-refractivity contribution is 5.80. The molecular weight excluding hydrogens is 342 g/mol. The molecule has 3 saturated heterocycles. The van der Waals surface area contributed by atoms with Crippen LogP contribution in [0.4, 0.5) is 0 Å². The molecular formula is C20H39N5O2. The van der Waals surface area contributed by atoms with Crippen molar-refractivity contribution in [3.05, 3.63) is 0 Å². The Bertz CT molecular complexity index is 461. The van der Waals surface area contributed by atoms with Crippen molar-refractivity contribution in [3.63, 3.8) is 0 Å². The zero-order chi connectivity index (χ0) is 19.1. The first-order chi connectivity index (χ1) is 13.2. The number of likely N-dealkylation sites (tertiary alicyclic amines) is 1. The first kappa shape index (κ1) is 20.8. The lowest BCUT2D eigenvalue weighted by molar-refractivity contribution is -0.0174. The molecule has 0 saturated carbocycles. The average Bonchev–Trinajstić information content (AvgIpc) is 3.19. The van der Waals surface area contributed by atoms with Gasteiger partial charge in [-0.25, -0.2) is 0 Å². The van der Waals surface area contributed by atoms with Crippen molar-refractivity contribution >= 4 is 5.96 Å². The van der Waals surface area contributed by atoms with Gasteiger partial charge in [0.05, 0.1) is 19.8 Å². The van der Waals surface area contributed by atoms with E-state index in [1.54, 1.807) is 0 Å². The molecule has 0 aliphatic carbocycles. The fraction of sp³-hybridized carbons (Fsp3) is 0.950. The Kier molecular flexibility index (Phi) is 8.18. The third-order valence-electron chi connectivity index (χ3n) is 6.24. The van der Waals surface area contributed by atoms with Crippen LogP contribution in [0.25, 0.3) is 0 Å². The first-order valence-electron chi connectivity index (χ1n) is 10.8. The number of piperidine rings is 1. The summed E-state index contributed by atoms with van der Waals surface area (Å²) in [7, 11) is 1.87. The van der Waals surface area contributed by atoms with Gasteiger partial charge in [-0.3, -0.25) is 9.89 Å². The molecule has 2 N–H and O–H groups in total. The van der Waals surface area contributed by atoms with Crippen molar-refractivity contribution < 1.29 is 9.47 Å². The van der Waals surface area contributed by atoms with E-state index in [9.17, 15) is 0 Å². The number of ether oxygens (including phenoxy) is 2. The zero-order valence-electron chi connectivity index (χ0n) is 17.5. The number of hydrogen-bond acceptors (Lipinski definition) is 5. The maximum Gasteiger partial charge on any atom is 0.191 e. The molecule has 0 radical (unpaired) electrons. The SMILES string of the molecule is CN=C(NCC(C)N1CCOCC1C)NC1CCN(CC2CCOC2)CC1. The molecule has 3 rings (SSSR count). The zero-order valence-corrected chi connectivity index (χ0v) is 17.5. The van der Waals surface area contributed by atoms with E-state index >= 15 is 0 Å². The summed E-state index contributed by atoms with van der Waals surface area (Å²) in [4.78, 5) is 9.57. The van der Waals surface area contributed by atoms with Crippen LogP contribution in [0.2, 0.25) is 0 Å². The van der Waals surface area contributed by atoms with Crippen LogP contribution in [0, 0.1) is 5.92 Å². The van der Waals surface area contributed by atoms with Gasteiger partial charge in [-0.1, -0.05) is 0 Å². The van der Waals surface area contributed by atoms with E-state index in [1.807, 2.05) is 7.05 Å². The number of nitrogens with one attached hydrogen (secondary N) is 2. The number of guanidine groups is 1. The van der Waals surface area contributed by atoms with E-state index < -0.39 is 0 Å². The summed E-state index contributed by atoms with van der Waals surface area (Å²) in [5.74, 6) is 1.68. The molecule has 0 amide bonds. The summed E-state index contributed by atoms with van der Waals surface area (Å²) in [5.41, 5.74) is 0. The minimum atomic E-state index is 0.470. The molecule has 0 aromatic rings. The van der Waals surface area contributed by atoms with Crippen LogP contribution in [-0.2, 0) is 9.47 Å². The lowest BCUT2D eigenvalue weighted by atomic mass is 10.0. The largest absolute Gasteiger partial charge is 0.381 e. The van der Waals surface area contributed by atoms with Crippen molar-refractivity contribution in [2.75, 3.05) is 66.2 Å². The van der Waals surface area contributed by atoms with Crippen LogP contribution in [-0.4, -0.2) is 100 Å². The second-order valence-electron chi connectivity index (χ2n) is 8.41. The first-order valence-corrected chi connectivity index (χ1v) is 10.8. The van der Waals surface area contributed by atoms with Gasteiger partial charge < -0.3 is 25.0 Å². The fourth-order valence-corrected chi connectivity index (χ4v) is 4.50. The monoisotopic (exact) mass is 381 g/mol. The highest BCUT2D eigenvalue weighted by Crippen LogP contribution is 2.17. The van der Waals surface area contributed by atoms with Crippen LogP contribution >= 0.6 is 0 Å². The number of morpholine rings is 1. The van der Waals surface area contributed by atoms with E-state index in [2.05, 4.69) is 39.3 Å². The normalized spacial score (nSPS) is 30.4. The molecule has 0 aromatic heterocycles. The van der Waals surface area contributed by atoms with Crippen molar-refractivity contribution in [2.24, 2.45) is 10.9 Å². The van der Waals surface area contributed by atoms with Gasteiger partial charge >= 0.3 is 0 Å². The van der Waals surface area contributed by atoms with E-state index in [0.29, 0.717) is 18.1 Å². The quantitative estimate of drug-likeness (QED) is 0.523. The average molecular weight is 382 g/mol. The summed E-state index contributed by atoms with van der Waals surface area (Å²) < 4.78 is 11.1. The Morgan fingerprint density at radius 2 is 1.89 bits per heavy atom. The van der Waals surface area contributed by atoms with Crippen molar-refractivity contribution in [1.29, 1.82) is 0 Å². The molecule has 3 aliphatic rings. The summed E-state index contributed by atoms with van der Waals surface area (Å²) in [6, 6.07) is 1.47. The van der Waals surface area contributed by atoms with Gasteiger partial charge in [0.15, 0.2) is 5.96 Å². The number of nitrogens with zero attached hydrogens (tertiary/aromatic N) is 3. The molecule has 7 nitrogen and oxygen atoms in total. The summed E-state index contributed by atoms with van der Waals surface area (Å²) in [6.07, 6.45) is 3.60. The van der Waals surface area contributed by atoms with E-state index in [1.165, 1.54) is 38.9 Å². The van der Waals surface area contributed by atoms with Crippen molar-refractivity contribution in [3.8, 4) is 0 Å². The Balaban J connectivity index is 1.35. The Hall–Kier alpha value is -0.890. The second kappa shape index (κ2) is 10.6. The minimum Gasteiger partial charge on any atom is -0.381 e. The second-order valence-corrected chi connectivity index (χ2v) is 8.41. The Morgan fingerprint density at radius 1 is 1.11 bits per heavy atom. The lowest BCUT2D eigenvalue weighted by Crippen LogP contribution is -2.54. The van der Waals surface area contributed by atoms with Gasteiger partial charge in [-0.15, -0.1) is 0 Å². The molecule has 3 unspecified atom stereocenters. The fourth-order valence-electron chi connectivity index (χ4n) is 4.50. The Morgan fingerprint density at radius 3 is 2.56 bits per heavy atom. The van der Waals surface area contributed by atoms with Crippen LogP contribution in [0.1, 0.15) is 33.1 Å². The van der Waals surface area contributed by atoms with Gasteiger partial charge in [-0.05, 0) is 39.0 Å². The van der Waals surface area contributed by atoms with Gasteiger partial charge in [0, 0.05) is 64.5 Å². The summed E-state index contributed by atoms with van der Waals surface area (Å²) in [5, 5.41) is 7.16. The third kappa shape index (κ3) is 6.31. The van der Waals surface area contributed by atoms with Crippen LogP contribution in [0.15, 0.2) is 4.99 Å². The number of aliphatic imine (C=N–C) groups is 1. The van der Waals surface area contributed by atoms with Gasteiger partial charge in [0.1, 0.15) is 0 Å². The van der Waals surface area contributed by atoms with Crippen LogP contribution in [0.3, 0.4) is 0 Å². The topological polar surface area (TPSA) is 61.4 Å². The molecule has 3 atom stereocenters. The highest BCUT2D eigenvalue weighted by atomic mass is 16.5. The van der Waals surface area contributed by atoms with E-state index in [4.69, 9.17) is 9.47 Å². The molecule has 3 fully saturated rings. The standard InChI is InChI=1S/C20H39N5O2/c1-16(25-9-11-27-14-17(25)2)12-22-20(21-3)23-19-4-7-24(8-5-19)13-18-6-10-26-15-18/h16-19H,4-15H2,1-3H3,(H2,21,22,23). The maximum atomic E-state index is 5.55. The van der Waals surface area contributed by atoms with Crippen LogP contribution < -0.4 is 10.6 Å². The maximum absolute atomic E-state index is 5.55. The summed E-state index contributed by atoms with van der Waals surface area (Å²) in [6.45, 7) is 13.6. The van der Waals surface area contributed by atoms with Crippen molar-refractivity contribution in [2.45, 2.75) is 51.2 Å². The molecule has 7 heteroatoms. The minimum absolute atomic E-state index is 0.470. The predicted molar refractivity (Wildman–Crippen MR) is 109 cm³/mol. The third-order valence-corrected chi connectivity index (χ3v) is 6.24. The molecule has 0 bridgehead atoms. The van der Waals surface area contributed by atoms with E-state index in [0.717, 1.165) is 51.4 Å². The smallest absolute Gasteiger partial charge is 0.191 e. The summed E-state index contributed by atoms with van der Waals surface area (Å²) >= 11 is 0. The van der Waals surface area contributed by atoms with Gasteiger partial charge in [-0.2, -0.15) is 0 Å². The van der Waals surface area contributed by atoms with E-state index in [-0.39, 0.29) is 0 Å². The lowest BCUT2D eigenvalue weighted by Gasteiger charge is -2.38. The Labute approximate surface area is 164 Å². The number of hydrogen-bond donors (Lipinski definition) is 2. The molecule has 3 heterocycles. The van der Waals surface area contributed by atoms with Gasteiger partial charge in [0.2, 0.25) is 0 Å².